The van der Waals surface area contributed by atoms with Crippen LogP contribution in [0.4, 0.5) is 11.5 Å². The summed E-state index contributed by atoms with van der Waals surface area (Å²) in [6, 6.07) is 11.8. The van der Waals surface area contributed by atoms with E-state index < -0.39 is 7.14 Å². The Kier molecular flexibility index (Phi) is 6.07. The average Bonchev–Trinajstić information content (AvgIpc) is 3.08. The van der Waals surface area contributed by atoms with Crippen LogP contribution in [0.3, 0.4) is 0 Å². The molecule has 6 nitrogen and oxygen atoms in total. The van der Waals surface area contributed by atoms with Gasteiger partial charge in [0.15, 0.2) is 5.82 Å². The van der Waals surface area contributed by atoms with Crippen LogP contribution in [0.1, 0.15) is 22.5 Å². The zero-order valence-corrected chi connectivity index (χ0v) is 19.8. The molecule has 0 spiro atoms. The lowest BCUT2D eigenvalue weighted by molar-refractivity contribution is 0.353. The number of hydrogen-bond donors (Lipinski definition) is 1. The molecule has 0 bridgehead atoms. The highest BCUT2D eigenvalue weighted by Gasteiger charge is 2.20. The molecule has 1 N–H and O–H groups in total. The van der Waals surface area contributed by atoms with Crippen molar-refractivity contribution in [3.05, 3.63) is 70.1 Å². The summed E-state index contributed by atoms with van der Waals surface area (Å²) in [6.07, 6.45) is 2.12. The van der Waals surface area contributed by atoms with Crippen LogP contribution in [0, 0.1) is 0 Å². The maximum absolute atomic E-state index is 12.7. The van der Waals surface area contributed by atoms with Gasteiger partial charge in [-0.05, 0) is 49.7 Å². The molecule has 0 atom stereocenters. The van der Waals surface area contributed by atoms with Gasteiger partial charge in [0.1, 0.15) is 23.7 Å². The maximum atomic E-state index is 12.7. The first kappa shape index (κ1) is 21.8. The predicted molar refractivity (Wildman–Crippen MR) is 127 cm³/mol. The fourth-order valence-corrected chi connectivity index (χ4v) is 5.20. The van der Waals surface area contributed by atoms with Gasteiger partial charge in [0.05, 0.1) is 19.0 Å². The number of nitrogens with zero attached hydrogens (tertiary/aromatic N) is 3. The third kappa shape index (κ3) is 4.77. The lowest BCUT2D eigenvalue weighted by atomic mass is 10.0. The molecule has 0 radical (unpaired) electrons. The van der Waals surface area contributed by atoms with Crippen molar-refractivity contribution in [3.63, 3.8) is 0 Å². The Morgan fingerprint density at radius 1 is 1.19 bits per heavy atom. The molecule has 2 heterocycles. The van der Waals surface area contributed by atoms with Gasteiger partial charge in [0, 0.05) is 30.4 Å². The number of rotatable bonds is 6. The number of para-hydroxylation sites is 1. The van der Waals surface area contributed by atoms with Gasteiger partial charge in [-0.3, -0.25) is 4.90 Å². The fourth-order valence-electron chi connectivity index (χ4n) is 3.90. The molecule has 0 unspecified atom stereocenters. The van der Waals surface area contributed by atoms with E-state index in [1.807, 2.05) is 24.3 Å². The molecule has 4 rings (SSSR count). The number of anilines is 2. The van der Waals surface area contributed by atoms with Crippen molar-refractivity contribution in [3.8, 4) is 5.75 Å². The van der Waals surface area contributed by atoms with Crippen molar-refractivity contribution in [2.45, 2.75) is 19.5 Å². The van der Waals surface area contributed by atoms with Crippen LogP contribution < -0.4 is 15.4 Å². The second-order valence-electron chi connectivity index (χ2n) is 8.26. The second-order valence-corrected chi connectivity index (χ2v) is 11.8. The summed E-state index contributed by atoms with van der Waals surface area (Å²) in [4.78, 5) is 11.4. The monoisotopic (exact) mass is 456 g/mol. The standard InChI is InChI=1S/C23H26ClN4O2P/c1-28-13-16-9-15(20(30-2)10-17(16)14-28)11-22-25-12-18(24)23(27-22)26-19-7-5-6-8-21(19)31(3,4)29/h5-10,12H,11,13-14H2,1-4H3,(H,25,26,27). The molecule has 0 saturated heterocycles. The number of benzene rings is 2. The molecule has 1 aliphatic heterocycles. The zero-order chi connectivity index (χ0) is 22.2. The molecule has 8 heteroatoms. The first-order valence-corrected chi connectivity index (χ1v) is 13.0. The number of methoxy groups -OCH3 is 1. The van der Waals surface area contributed by atoms with Crippen LogP contribution in [-0.4, -0.2) is 42.4 Å². The Balaban J connectivity index is 1.65. The third-order valence-corrected chi connectivity index (χ3v) is 7.19. The number of fused-ring (bicyclic) bond motifs is 1. The van der Waals surface area contributed by atoms with Gasteiger partial charge >= 0.3 is 0 Å². The van der Waals surface area contributed by atoms with Gasteiger partial charge < -0.3 is 14.6 Å². The first-order valence-electron chi connectivity index (χ1n) is 10.0. The van der Waals surface area contributed by atoms with E-state index >= 15 is 0 Å². The van der Waals surface area contributed by atoms with Crippen molar-refractivity contribution in [2.24, 2.45) is 0 Å². The summed E-state index contributed by atoms with van der Waals surface area (Å²) >= 11 is 6.38. The first-order chi connectivity index (χ1) is 14.7. The topological polar surface area (TPSA) is 67.3 Å². The van der Waals surface area contributed by atoms with Gasteiger partial charge in [0.2, 0.25) is 0 Å². The van der Waals surface area contributed by atoms with E-state index in [1.54, 1.807) is 26.6 Å². The molecule has 162 valence electrons. The number of aromatic nitrogens is 2. The summed E-state index contributed by atoms with van der Waals surface area (Å²) in [5.41, 5.74) is 4.38. The molecule has 31 heavy (non-hydrogen) atoms. The van der Waals surface area contributed by atoms with Crippen LogP contribution in [0.2, 0.25) is 5.02 Å². The van der Waals surface area contributed by atoms with Gasteiger partial charge in [-0.15, -0.1) is 0 Å². The summed E-state index contributed by atoms with van der Waals surface area (Å²) in [5.74, 6) is 1.96. The van der Waals surface area contributed by atoms with Gasteiger partial charge in [-0.2, -0.15) is 0 Å². The molecular formula is C23H26ClN4O2P. The molecule has 0 amide bonds. The number of nitrogens with one attached hydrogen (secondary N) is 1. The van der Waals surface area contributed by atoms with Gasteiger partial charge in [0.25, 0.3) is 0 Å². The van der Waals surface area contributed by atoms with Crippen LogP contribution in [-0.2, 0) is 24.1 Å². The Morgan fingerprint density at radius 3 is 2.61 bits per heavy atom. The summed E-state index contributed by atoms with van der Waals surface area (Å²) < 4.78 is 18.3. The van der Waals surface area contributed by atoms with E-state index in [9.17, 15) is 4.57 Å². The highest BCUT2D eigenvalue weighted by molar-refractivity contribution is 7.70. The Bertz CT molecular complexity index is 1180. The quantitative estimate of drug-likeness (QED) is 0.544. The fraction of sp³-hybridized carbons (Fsp3) is 0.304. The van der Waals surface area contributed by atoms with Crippen LogP contribution in [0.25, 0.3) is 0 Å². The van der Waals surface area contributed by atoms with E-state index in [-0.39, 0.29) is 0 Å². The lowest BCUT2D eigenvalue weighted by Gasteiger charge is -2.16. The second kappa shape index (κ2) is 8.62. The van der Waals surface area contributed by atoms with Crippen molar-refractivity contribution in [2.75, 3.05) is 32.8 Å². The van der Waals surface area contributed by atoms with E-state index in [0.717, 1.165) is 35.4 Å². The van der Waals surface area contributed by atoms with E-state index in [4.69, 9.17) is 16.3 Å². The third-order valence-electron chi connectivity index (χ3n) is 5.36. The average molecular weight is 457 g/mol. The van der Waals surface area contributed by atoms with Gasteiger partial charge in [-0.1, -0.05) is 29.8 Å². The lowest BCUT2D eigenvalue weighted by Crippen LogP contribution is -2.11. The Labute approximate surface area is 188 Å². The molecule has 0 saturated carbocycles. The number of hydrogen-bond acceptors (Lipinski definition) is 6. The largest absolute Gasteiger partial charge is 0.496 e. The molecule has 0 aliphatic carbocycles. The van der Waals surface area contributed by atoms with Gasteiger partial charge in [-0.25, -0.2) is 9.97 Å². The number of halogens is 1. The van der Waals surface area contributed by atoms with E-state index in [2.05, 4.69) is 39.4 Å². The molecule has 1 aliphatic rings. The maximum Gasteiger partial charge on any atom is 0.153 e. The van der Waals surface area contributed by atoms with Crippen molar-refractivity contribution < 1.29 is 9.30 Å². The summed E-state index contributed by atoms with van der Waals surface area (Å²) in [7, 11) is 1.32. The SMILES string of the molecule is COc1cc2c(cc1Cc1ncc(Cl)c(Nc3ccccc3P(C)(C)=O)n1)CN(C)C2. The van der Waals surface area contributed by atoms with Crippen molar-refractivity contribution in [1.82, 2.24) is 14.9 Å². The van der Waals surface area contributed by atoms with Crippen LogP contribution >= 0.6 is 18.7 Å². The van der Waals surface area contributed by atoms with Crippen molar-refractivity contribution >= 4 is 35.6 Å². The minimum atomic E-state index is -2.47. The highest BCUT2D eigenvalue weighted by Crippen LogP contribution is 2.38. The zero-order valence-electron chi connectivity index (χ0n) is 18.1. The van der Waals surface area contributed by atoms with E-state index in [1.165, 1.54) is 11.1 Å². The molecular weight excluding hydrogens is 431 g/mol. The molecule has 1 aromatic heterocycles. The van der Waals surface area contributed by atoms with E-state index in [0.29, 0.717) is 23.1 Å². The summed E-state index contributed by atoms with van der Waals surface area (Å²) in [5, 5.41) is 4.42. The van der Waals surface area contributed by atoms with Crippen molar-refractivity contribution in [1.29, 1.82) is 0 Å². The molecule has 2 aromatic carbocycles. The number of ether oxygens (including phenoxy) is 1. The Morgan fingerprint density at radius 2 is 1.90 bits per heavy atom. The smallest absolute Gasteiger partial charge is 0.153 e. The molecule has 0 fully saturated rings. The normalized spacial score (nSPS) is 13.8. The van der Waals surface area contributed by atoms with Crippen LogP contribution in [0.15, 0.2) is 42.6 Å². The predicted octanol–water partition coefficient (Wildman–Crippen LogP) is 4.67. The molecule has 3 aromatic rings. The Hall–Kier alpha value is -2.40. The summed E-state index contributed by atoms with van der Waals surface area (Å²) in [6.45, 7) is 5.34. The minimum absolute atomic E-state index is 0.406. The minimum Gasteiger partial charge on any atom is -0.496 e. The highest BCUT2D eigenvalue weighted by atomic mass is 35.5. The van der Waals surface area contributed by atoms with Crippen LogP contribution in [0.5, 0.6) is 5.75 Å².